The van der Waals surface area contributed by atoms with Crippen molar-refractivity contribution in [1.29, 1.82) is 0 Å². The number of rotatable bonds is 3. The molecule has 9 heteroatoms. The Kier molecular flexibility index (Phi) is 3.98. The lowest BCUT2D eigenvalue weighted by molar-refractivity contribution is -0.0898. The molecule has 1 unspecified atom stereocenters. The lowest BCUT2D eigenvalue weighted by atomic mass is 9.97. The van der Waals surface area contributed by atoms with E-state index in [0.29, 0.717) is 5.92 Å². The Morgan fingerprint density at radius 2 is 2.08 bits per heavy atom. The molecule has 3 atom stereocenters. The van der Waals surface area contributed by atoms with Crippen LogP contribution in [0, 0.1) is 5.92 Å². The number of nitrogens with one attached hydrogen (secondary N) is 1. The van der Waals surface area contributed by atoms with Crippen LogP contribution in [0.4, 0.5) is 13.2 Å². The van der Waals surface area contributed by atoms with Crippen LogP contribution in [0.1, 0.15) is 33.9 Å². The molecule has 0 aromatic carbocycles. The lowest BCUT2D eigenvalue weighted by Crippen LogP contribution is -2.47. The molecular weight excluding hydrogens is 351 g/mol. The minimum Gasteiger partial charge on any atom is -0.451 e. The second kappa shape index (κ2) is 6.08. The smallest absolute Gasteiger partial charge is 0.451 e. The number of aromatic nitrogens is 1. The number of alkyl halides is 3. The van der Waals surface area contributed by atoms with Crippen LogP contribution >= 0.6 is 0 Å². The van der Waals surface area contributed by atoms with Gasteiger partial charge in [-0.05, 0) is 37.4 Å². The molecule has 2 bridgehead atoms. The zero-order valence-corrected chi connectivity index (χ0v) is 13.7. The standard InChI is InChI=1S/C17H16F3N3O3/c18-17(19,20)15(24)13-5-10-4-12(21-6-14(10)26-13)16(25)22-11-3-9-1-2-23(7-9)8-11/h4-6,9,11H,1-3,7-8H2,(H,22,25)/t9-,11-/m1/s1. The number of fused-ring (bicyclic) bond motifs is 3. The van der Waals surface area contributed by atoms with Gasteiger partial charge in [-0.3, -0.25) is 9.59 Å². The summed E-state index contributed by atoms with van der Waals surface area (Å²) >= 11 is 0. The largest absolute Gasteiger partial charge is 0.458 e. The van der Waals surface area contributed by atoms with Crippen LogP contribution in [-0.4, -0.2) is 53.4 Å². The third kappa shape index (κ3) is 3.18. The number of pyridine rings is 1. The summed E-state index contributed by atoms with van der Waals surface area (Å²) in [5.41, 5.74) is 0.105. The van der Waals surface area contributed by atoms with Crippen molar-refractivity contribution >= 4 is 22.7 Å². The van der Waals surface area contributed by atoms with E-state index < -0.39 is 17.7 Å². The van der Waals surface area contributed by atoms with Crippen LogP contribution in [0.3, 0.4) is 0 Å². The zero-order chi connectivity index (χ0) is 18.5. The molecule has 0 radical (unpaired) electrons. The summed E-state index contributed by atoms with van der Waals surface area (Å²) < 4.78 is 42.4. The first-order valence-corrected chi connectivity index (χ1v) is 8.34. The van der Waals surface area contributed by atoms with Crippen LogP contribution < -0.4 is 5.32 Å². The maximum absolute atomic E-state index is 12.5. The number of ketones is 1. The molecule has 2 aromatic rings. The molecule has 138 valence electrons. The number of piperidine rings is 1. The van der Waals surface area contributed by atoms with Crippen molar-refractivity contribution in [3.05, 3.63) is 29.8 Å². The molecular formula is C17H16F3N3O3. The van der Waals surface area contributed by atoms with E-state index in [9.17, 15) is 22.8 Å². The Morgan fingerprint density at radius 1 is 1.27 bits per heavy atom. The molecule has 2 aliphatic rings. The number of halogens is 3. The fourth-order valence-electron chi connectivity index (χ4n) is 3.74. The summed E-state index contributed by atoms with van der Waals surface area (Å²) in [7, 11) is 0. The number of furan rings is 1. The second-order valence-corrected chi connectivity index (χ2v) is 6.87. The van der Waals surface area contributed by atoms with Gasteiger partial charge in [0.25, 0.3) is 5.91 Å². The highest BCUT2D eigenvalue weighted by molar-refractivity contribution is 6.02. The molecule has 26 heavy (non-hydrogen) atoms. The molecule has 2 saturated heterocycles. The molecule has 1 N–H and O–H groups in total. The van der Waals surface area contributed by atoms with E-state index in [-0.39, 0.29) is 28.6 Å². The topological polar surface area (TPSA) is 75.4 Å². The first-order chi connectivity index (χ1) is 12.3. The van der Waals surface area contributed by atoms with Gasteiger partial charge in [0.1, 0.15) is 5.69 Å². The van der Waals surface area contributed by atoms with Crippen molar-refractivity contribution < 1.29 is 27.2 Å². The van der Waals surface area contributed by atoms with E-state index in [2.05, 4.69) is 15.2 Å². The molecule has 2 fully saturated rings. The summed E-state index contributed by atoms with van der Waals surface area (Å²) in [5, 5.41) is 3.16. The predicted molar refractivity (Wildman–Crippen MR) is 84.8 cm³/mol. The third-order valence-corrected chi connectivity index (χ3v) is 4.92. The summed E-state index contributed by atoms with van der Waals surface area (Å²) in [4.78, 5) is 29.9. The summed E-state index contributed by atoms with van der Waals surface area (Å²) in [6.45, 7) is 2.91. The summed E-state index contributed by atoms with van der Waals surface area (Å²) in [6, 6.07) is 2.35. The Morgan fingerprint density at radius 3 is 2.81 bits per heavy atom. The fourth-order valence-corrected chi connectivity index (χ4v) is 3.74. The van der Waals surface area contributed by atoms with Crippen molar-refractivity contribution in [2.45, 2.75) is 25.1 Å². The van der Waals surface area contributed by atoms with Gasteiger partial charge >= 0.3 is 12.0 Å². The average Bonchev–Trinajstić information content (AvgIpc) is 3.15. The number of Topliss-reactive ketones (excluding diaryl/α,β-unsaturated/α-hetero) is 1. The molecule has 0 aliphatic carbocycles. The first kappa shape index (κ1) is 17.0. The van der Waals surface area contributed by atoms with Crippen LogP contribution in [0.25, 0.3) is 11.0 Å². The van der Waals surface area contributed by atoms with Gasteiger partial charge in [0, 0.05) is 24.5 Å². The van der Waals surface area contributed by atoms with Gasteiger partial charge in [-0.1, -0.05) is 0 Å². The SMILES string of the molecule is O=C(N[C@@H]1C[C@H]2CCN(C2)C1)c1cc2cc(C(=O)C(F)(F)F)oc2cn1. The van der Waals surface area contributed by atoms with Crippen LogP contribution in [0.2, 0.25) is 0 Å². The molecule has 6 nitrogen and oxygen atoms in total. The maximum Gasteiger partial charge on any atom is 0.458 e. The first-order valence-electron chi connectivity index (χ1n) is 8.34. The minimum atomic E-state index is -5.02. The normalized spacial score (nSPS) is 25.4. The number of hydrogen-bond acceptors (Lipinski definition) is 5. The van der Waals surface area contributed by atoms with Gasteiger partial charge < -0.3 is 14.6 Å². The van der Waals surface area contributed by atoms with Crippen molar-refractivity contribution in [1.82, 2.24) is 15.2 Å². The monoisotopic (exact) mass is 367 g/mol. The van der Waals surface area contributed by atoms with Gasteiger partial charge in [0.05, 0.1) is 6.20 Å². The third-order valence-electron chi connectivity index (χ3n) is 4.92. The molecule has 1 amide bonds. The average molecular weight is 367 g/mol. The minimum absolute atomic E-state index is 0.0240. The quantitative estimate of drug-likeness (QED) is 0.844. The van der Waals surface area contributed by atoms with E-state index in [1.165, 1.54) is 6.07 Å². The summed E-state index contributed by atoms with van der Waals surface area (Å²) in [5.74, 6) is -2.67. The highest BCUT2D eigenvalue weighted by Gasteiger charge is 2.41. The van der Waals surface area contributed by atoms with Gasteiger partial charge in [-0.25, -0.2) is 4.98 Å². The van der Waals surface area contributed by atoms with Gasteiger partial charge in [-0.2, -0.15) is 13.2 Å². The molecule has 4 rings (SSSR count). The number of amides is 1. The van der Waals surface area contributed by atoms with Crippen molar-refractivity contribution in [2.75, 3.05) is 19.6 Å². The fraction of sp³-hybridized carbons (Fsp3) is 0.471. The van der Waals surface area contributed by atoms with Gasteiger partial charge in [-0.15, -0.1) is 0 Å². The van der Waals surface area contributed by atoms with E-state index in [4.69, 9.17) is 4.42 Å². The van der Waals surface area contributed by atoms with Crippen molar-refractivity contribution in [3.63, 3.8) is 0 Å². The van der Waals surface area contributed by atoms with Gasteiger partial charge in [0.2, 0.25) is 0 Å². The number of carbonyl (C=O) groups is 2. The molecule has 0 spiro atoms. The molecule has 2 aromatic heterocycles. The predicted octanol–water partition coefficient (Wildman–Crippen LogP) is 2.40. The Bertz CT molecular complexity index is 865. The Hall–Kier alpha value is -2.42. The van der Waals surface area contributed by atoms with E-state index in [0.717, 1.165) is 44.7 Å². The van der Waals surface area contributed by atoms with Crippen LogP contribution in [0.5, 0.6) is 0 Å². The maximum atomic E-state index is 12.5. The van der Waals surface area contributed by atoms with Crippen LogP contribution in [0.15, 0.2) is 22.7 Å². The van der Waals surface area contributed by atoms with Crippen molar-refractivity contribution in [2.24, 2.45) is 5.92 Å². The number of nitrogens with zero attached hydrogens (tertiary/aromatic N) is 2. The number of carbonyl (C=O) groups excluding carboxylic acids is 2. The Labute approximate surface area is 146 Å². The highest BCUT2D eigenvalue weighted by Crippen LogP contribution is 2.28. The second-order valence-electron chi connectivity index (χ2n) is 6.87. The molecule has 4 heterocycles. The highest BCUT2D eigenvalue weighted by atomic mass is 19.4. The van der Waals surface area contributed by atoms with E-state index in [1.807, 2.05) is 0 Å². The van der Waals surface area contributed by atoms with Crippen LogP contribution in [-0.2, 0) is 0 Å². The number of hydrogen-bond donors (Lipinski definition) is 1. The molecule has 0 saturated carbocycles. The van der Waals surface area contributed by atoms with E-state index >= 15 is 0 Å². The summed E-state index contributed by atoms with van der Waals surface area (Å²) in [6.07, 6.45) is -1.80. The Balaban J connectivity index is 1.51. The zero-order valence-electron chi connectivity index (χ0n) is 13.7. The van der Waals surface area contributed by atoms with Gasteiger partial charge in [0.15, 0.2) is 11.3 Å². The lowest BCUT2D eigenvalue weighted by Gasteiger charge is -2.30. The van der Waals surface area contributed by atoms with E-state index in [1.54, 1.807) is 0 Å². The molecule has 2 aliphatic heterocycles. The van der Waals surface area contributed by atoms with Crippen molar-refractivity contribution in [3.8, 4) is 0 Å².